The third kappa shape index (κ3) is 5.06. The van der Waals surface area contributed by atoms with Crippen molar-refractivity contribution in [3.05, 3.63) is 76.6 Å². The molecule has 1 amide bonds. The van der Waals surface area contributed by atoms with Crippen LogP contribution in [0.2, 0.25) is 0 Å². The highest BCUT2D eigenvalue weighted by molar-refractivity contribution is 7.89. The van der Waals surface area contributed by atoms with Gasteiger partial charge in [0.2, 0.25) is 15.9 Å². The number of hydrogen-bond donors (Lipinski definition) is 0. The first-order valence-corrected chi connectivity index (χ1v) is 12.3. The maximum atomic E-state index is 13.4. The summed E-state index contributed by atoms with van der Waals surface area (Å²) in [5.74, 6) is -0.355. The van der Waals surface area contributed by atoms with Gasteiger partial charge in [0, 0.05) is 18.0 Å². The summed E-state index contributed by atoms with van der Waals surface area (Å²) in [6.45, 7) is 1.22. The van der Waals surface area contributed by atoms with Crippen molar-refractivity contribution < 1.29 is 22.0 Å². The van der Waals surface area contributed by atoms with E-state index in [-0.39, 0.29) is 17.3 Å². The highest BCUT2D eigenvalue weighted by Crippen LogP contribution is 2.27. The first-order chi connectivity index (χ1) is 14.9. The molecule has 0 spiro atoms. The van der Waals surface area contributed by atoms with E-state index >= 15 is 0 Å². The maximum absolute atomic E-state index is 13.4. The number of carbonyl (C=O) groups is 1. The highest BCUT2D eigenvalue weighted by atomic mass is 32.2. The zero-order valence-corrected chi connectivity index (χ0v) is 18.4. The Bertz CT molecular complexity index is 1060. The summed E-state index contributed by atoms with van der Waals surface area (Å²) in [5.41, 5.74) is 0. The second kappa shape index (κ2) is 9.33. The lowest BCUT2D eigenvalue weighted by molar-refractivity contribution is -0.138. The van der Waals surface area contributed by atoms with Gasteiger partial charge in [-0.15, -0.1) is 11.3 Å². The molecular weight excluding hydrogens is 439 g/mol. The molecule has 2 aromatic heterocycles. The van der Waals surface area contributed by atoms with E-state index in [0.29, 0.717) is 38.2 Å². The molecule has 1 atom stereocenters. The van der Waals surface area contributed by atoms with Crippen LogP contribution >= 0.6 is 11.3 Å². The Labute approximate surface area is 185 Å². The molecule has 1 saturated heterocycles. The quantitative estimate of drug-likeness (QED) is 0.530. The number of halogens is 1. The third-order valence-corrected chi connectivity index (χ3v) is 8.09. The monoisotopic (exact) mass is 462 g/mol. The number of rotatable bonds is 7. The molecule has 0 saturated carbocycles. The van der Waals surface area contributed by atoms with Crippen LogP contribution in [0.5, 0.6) is 0 Å². The Morgan fingerprint density at radius 1 is 1.16 bits per heavy atom. The van der Waals surface area contributed by atoms with Crippen LogP contribution in [0, 0.1) is 11.7 Å². The van der Waals surface area contributed by atoms with Gasteiger partial charge in [0.25, 0.3) is 0 Å². The summed E-state index contributed by atoms with van der Waals surface area (Å²) in [6, 6.07) is 12.3. The zero-order valence-electron chi connectivity index (χ0n) is 16.8. The first-order valence-electron chi connectivity index (χ1n) is 10.0. The van der Waals surface area contributed by atoms with Crippen LogP contribution in [0.25, 0.3) is 0 Å². The molecule has 0 radical (unpaired) electrons. The fourth-order valence-electron chi connectivity index (χ4n) is 3.77. The lowest BCUT2D eigenvalue weighted by Gasteiger charge is -2.34. The van der Waals surface area contributed by atoms with Crippen LogP contribution < -0.4 is 0 Å². The SMILES string of the molecule is O=C(C1CCCN(S(=O)(=O)c2ccc(F)cc2)C1)N(Cc1ccco1)Cc1cccs1. The summed E-state index contributed by atoms with van der Waals surface area (Å²) >= 11 is 1.57. The van der Waals surface area contributed by atoms with Crippen LogP contribution in [0.3, 0.4) is 0 Å². The van der Waals surface area contributed by atoms with Crippen LogP contribution in [0.4, 0.5) is 4.39 Å². The lowest BCUT2D eigenvalue weighted by atomic mass is 9.98. The minimum atomic E-state index is -3.79. The zero-order chi connectivity index (χ0) is 21.8. The van der Waals surface area contributed by atoms with Crippen molar-refractivity contribution in [3.8, 4) is 0 Å². The molecule has 6 nitrogen and oxygen atoms in total. The largest absolute Gasteiger partial charge is 0.467 e. The molecule has 3 heterocycles. The average molecular weight is 463 g/mol. The van der Waals surface area contributed by atoms with Crippen molar-refractivity contribution in [2.75, 3.05) is 13.1 Å². The van der Waals surface area contributed by atoms with Crippen LogP contribution in [-0.4, -0.2) is 36.6 Å². The lowest BCUT2D eigenvalue weighted by Crippen LogP contribution is -2.46. The van der Waals surface area contributed by atoms with E-state index in [1.165, 1.54) is 16.4 Å². The number of amides is 1. The normalized spacial score (nSPS) is 17.5. The number of hydrogen-bond acceptors (Lipinski definition) is 5. The summed E-state index contributed by atoms with van der Waals surface area (Å²) in [7, 11) is -3.79. The van der Waals surface area contributed by atoms with E-state index < -0.39 is 21.8 Å². The summed E-state index contributed by atoms with van der Waals surface area (Å²) in [4.78, 5) is 16.2. The third-order valence-electron chi connectivity index (χ3n) is 5.35. The van der Waals surface area contributed by atoms with Gasteiger partial charge in [0.1, 0.15) is 11.6 Å². The molecular formula is C22H23FN2O4S2. The minimum Gasteiger partial charge on any atom is -0.467 e. The molecule has 4 rings (SSSR count). The smallest absolute Gasteiger partial charge is 0.243 e. The number of carbonyl (C=O) groups excluding carboxylic acids is 1. The van der Waals surface area contributed by atoms with Crippen molar-refractivity contribution in [1.29, 1.82) is 0 Å². The van der Waals surface area contributed by atoms with E-state index in [4.69, 9.17) is 4.42 Å². The summed E-state index contributed by atoms with van der Waals surface area (Å²) in [5, 5.41) is 1.96. The molecule has 1 aliphatic rings. The maximum Gasteiger partial charge on any atom is 0.243 e. The molecule has 0 aliphatic carbocycles. The summed E-state index contributed by atoms with van der Waals surface area (Å²) in [6.07, 6.45) is 2.78. The van der Waals surface area contributed by atoms with Crippen molar-refractivity contribution in [2.45, 2.75) is 30.8 Å². The Morgan fingerprint density at radius 3 is 2.65 bits per heavy atom. The van der Waals surface area contributed by atoms with Crippen LogP contribution in [0.15, 0.2) is 69.5 Å². The van der Waals surface area contributed by atoms with Gasteiger partial charge in [-0.05, 0) is 60.7 Å². The van der Waals surface area contributed by atoms with E-state index in [9.17, 15) is 17.6 Å². The number of nitrogens with zero attached hydrogens (tertiary/aromatic N) is 2. The van der Waals surface area contributed by atoms with Crippen LogP contribution in [-0.2, 0) is 27.9 Å². The van der Waals surface area contributed by atoms with Crippen molar-refractivity contribution in [1.82, 2.24) is 9.21 Å². The van der Waals surface area contributed by atoms with Crippen molar-refractivity contribution >= 4 is 27.3 Å². The van der Waals surface area contributed by atoms with E-state index in [2.05, 4.69) is 0 Å². The molecule has 1 aliphatic heterocycles. The van der Waals surface area contributed by atoms with Gasteiger partial charge in [-0.1, -0.05) is 6.07 Å². The molecule has 31 heavy (non-hydrogen) atoms. The van der Waals surface area contributed by atoms with Gasteiger partial charge in [-0.25, -0.2) is 12.8 Å². The van der Waals surface area contributed by atoms with Crippen LogP contribution in [0.1, 0.15) is 23.5 Å². The molecule has 1 aromatic carbocycles. The van der Waals surface area contributed by atoms with E-state index in [0.717, 1.165) is 17.0 Å². The molecule has 1 unspecified atom stereocenters. The topological polar surface area (TPSA) is 70.8 Å². The van der Waals surface area contributed by atoms with Crippen molar-refractivity contribution in [2.24, 2.45) is 5.92 Å². The van der Waals surface area contributed by atoms with E-state index in [1.807, 2.05) is 23.6 Å². The van der Waals surface area contributed by atoms with Gasteiger partial charge in [0.05, 0.1) is 30.2 Å². The van der Waals surface area contributed by atoms with Gasteiger partial charge in [-0.3, -0.25) is 4.79 Å². The second-order valence-corrected chi connectivity index (χ2v) is 10.5. The average Bonchev–Trinajstić information content (AvgIpc) is 3.48. The van der Waals surface area contributed by atoms with E-state index in [1.54, 1.807) is 28.6 Å². The molecule has 0 bridgehead atoms. The van der Waals surface area contributed by atoms with Gasteiger partial charge >= 0.3 is 0 Å². The second-order valence-electron chi connectivity index (χ2n) is 7.51. The number of benzene rings is 1. The Balaban J connectivity index is 1.52. The highest BCUT2D eigenvalue weighted by Gasteiger charge is 2.35. The number of thiophene rings is 1. The Hall–Kier alpha value is -2.49. The minimum absolute atomic E-state index is 0.0352. The summed E-state index contributed by atoms with van der Waals surface area (Å²) < 4.78 is 46.0. The van der Waals surface area contributed by atoms with Gasteiger partial charge in [0.15, 0.2) is 0 Å². The number of furan rings is 1. The number of sulfonamides is 1. The molecule has 9 heteroatoms. The first kappa shape index (κ1) is 21.7. The fraction of sp³-hybridized carbons (Fsp3) is 0.318. The Kier molecular flexibility index (Phi) is 6.54. The molecule has 1 fully saturated rings. The standard InChI is InChI=1S/C22H23FN2O4S2/c23-18-7-9-21(10-8-18)31(27,28)25-11-1-4-17(14-25)22(26)24(15-19-5-2-12-29-19)16-20-6-3-13-30-20/h2-3,5-10,12-13,17H,1,4,11,14-16H2. The van der Waals surface area contributed by atoms with Crippen molar-refractivity contribution in [3.63, 3.8) is 0 Å². The predicted molar refractivity (Wildman–Crippen MR) is 115 cm³/mol. The fourth-order valence-corrected chi connectivity index (χ4v) is 6.01. The molecule has 0 N–H and O–H groups in total. The van der Waals surface area contributed by atoms with Gasteiger partial charge in [-0.2, -0.15) is 4.31 Å². The number of piperidine rings is 1. The van der Waals surface area contributed by atoms with Gasteiger partial charge < -0.3 is 9.32 Å². The Morgan fingerprint density at radius 2 is 1.97 bits per heavy atom. The molecule has 164 valence electrons. The predicted octanol–water partition coefficient (Wildman–Crippen LogP) is 4.11. The molecule has 3 aromatic rings.